The van der Waals surface area contributed by atoms with Crippen molar-refractivity contribution in [1.82, 2.24) is 0 Å². The van der Waals surface area contributed by atoms with Crippen LogP contribution >= 0.6 is 9.03 Å². The molecule has 0 aliphatic heterocycles. The van der Waals surface area contributed by atoms with Crippen molar-refractivity contribution in [3.63, 3.8) is 0 Å². The predicted molar refractivity (Wildman–Crippen MR) is 64.3 cm³/mol. The number of quaternary nitrogens is 1. The number of esters is 1. The molecule has 0 spiro atoms. The van der Waals surface area contributed by atoms with Gasteiger partial charge in [-0.15, -0.1) is 0 Å². The van der Waals surface area contributed by atoms with Crippen LogP contribution in [0.5, 0.6) is 0 Å². The number of hydrogen-bond donors (Lipinski definition) is 0. The average Bonchev–Trinajstić information content (AvgIpc) is 2.20. The van der Waals surface area contributed by atoms with Crippen LogP contribution in [0.3, 0.4) is 0 Å². The van der Waals surface area contributed by atoms with E-state index in [0.29, 0.717) is 13.2 Å². The van der Waals surface area contributed by atoms with E-state index in [1.54, 1.807) is 0 Å². The van der Waals surface area contributed by atoms with E-state index in [4.69, 9.17) is 13.8 Å². The number of nitrogens with zero attached hydrogens (tertiary/aromatic N) is 1. The third kappa shape index (κ3) is 11.6. The molecule has 16 heavy (non-hydrogen) atoms. The van der Waals surface area contributed by atoms with Crippen molar-refractivity contribution in [1.29, 1.82) is 0 Å². The molecule has 0 radical (unpaired) electrons. The van der Waals surface area contributed by atoms with Gasteiger partial charge in [-0.25, -0.2) is 4.79 Å². The maximum absolute atomic E-state index is 10.6. The third-order valence-corrected chi connectivity index (χ3v) is 2.22. The van der Waals surface area contributed by atoms with Crippen LogP contribution in [0, 0.1) is 0 Å². The molecule has 0 N–H and O–H groups in total. The van der Waals surface area contributed by atoms with Crippen molar-refractivity contribution in [3.05, 3.63) is 12.7 Å². The number of likely N-dealkylation sites (N-methyl/N-ethyl adjacent to an activating group) is 1. The summed E-state index contributed by atoms with van der Waals surface area (Å²) in [5.74, 6) is -0.433. The molecule has 0 rings (SSSR count). The maximum Gasteiger partial charge on any atom is 0.330 e. The van der Waals surface area contributed by atoms with Gasteiger partial charge in [0.2, 0.25) is 0 Å². The Hall–Kier alpha value is -0.480. The molecule has 0 aromatic rings. The topological polar surface area (TPSA) is 44.8 Å². The third-order valence-electron chi connectivity index (χ3n) is 1.58. The Morgan fingerprint density at radius 2 is 1.88 bits per heavy atom. The Morgan fingerprint density at radius 3 is 2.44 bits per heavy atom. The molecule has 0 aromatic carbocycles. The van der Waals surface area contributed by atoms with Gasteiger partial charge in [0.25, 0.3) is 0 Å². The van der Waals surface area contributed by atoms with E-state index in [2.05, 4.69) is 27.7 Å². The smallest absolute Gasteiger partial charge is 0.330 e. The van der Waals surface area contributed by atoms with Crippen LogP contribution in [0.1, 0.15) is 0 Å². The lowest BCUT2D eigenvalue weighted by Crippen LogP contribution is -2.37. The molecule has 0 heterocycles. The predicted octanol–water partition coefficient (Wildman–Crippen LogP) is 0.963. The number of ether oxygens (including phenoxy) is 1. The lowest BCUT2D eigenvalue weighted by Gasteiger charge is -2.23. The van der Waals surface area contributed by atoms with Crippen molar-refractivity contribution in [2.45, 2.75) is 0 Å². The van der Waals surface area contributed by atoms with Crippen LogP contribution in [-0.4, -0.2) is 58.0 Å². The highest BCUT2D eigenvalue weighted by atomic mass is 31.1. The molecule has 0 bridgehead atoms. The Balaban J connectivity index is 3.16. The van der Waals surface area contributed by atoms with E-state index >= 15 is 0 Å². The van der Waals surface area contributed by atoms with E-state index in [9.17, 15) is 4.79 Å². The molecule has 0 saturated heterocycles. The Kier molecular flexibility index (Phi) is 8.39. The second-order valence-corrected chi connectivity index (χ2v) is 4.91. The molecule has 1 atom stereocenters. The summed E-state index contributed by atoms with van der Waals surface area (Å²) in [5, 5.41) is 0. The van der Waals surface area contributed by atoms with Gasteiger partial charge in [-0.2, -0.15) is 0 Å². The van der Waals surface area contributed by atoms with Gasteiger partial charge in [-0.3, -0.25) is 0 Å². The SMILES string of the molecule is C=CC(=O)OCCOPOCC[N+](C)(C)C. The molecule has 5 nitrogen and oxygen atoms in total. The first-order valence-electron chi connectivity index (χ1n) is 5.04. The van der Waals surface area contributed by atoms with E-state index in [1.807, 2.05) is 0 Å². The molecule has 6 heteroatoms. The molecule has 94 valence electrons. The number of carbonyl (C=O) groups excluding carboxylic acids is 1. The largest absolute Gasteiger partial charge is 0.460 e. The van der Waals surface area contributed by atoms with Gasteiger partial charge in [0.1, 0.15) is 19.8 Å². The fraction of sp³-hybridized carbons (Fsp3) is 0.700. The zero-order chi connectivity index (χ0) is 12.4. The summed E-state index contributed by atoms with van der Waals surface area (Å²) in [4.78, 5) is 10.6. The highest BCUT2D eigenvalue weighted by Gasteiger charge is 2.05. The minimum absolute atomic E-state index is 0.00494. The van der Waals surface area contributed by atoms with E-state index < -0.39 is 5.97 Å². The van der Waals surface area contributed by atoms with Crippen LogP contribution in [0.4, 0.5) is 0 Å². The molecule has 0 aliphatic rings. The van der Waals surface area contributed by atoms with E-state index in [-0.39, 0.29) is 15.6 Å². The monoisotopic (exact) mass is 250 g/mol. The summed E-state index contributed by atoms with van der Waals surface area (Å²) < 4.78 is 16.0. The molecular weight excluding hydrogens is 229 g/mol. The van der Waals surface area contributed by atoms with Crippen molar-refractivity contribution < 1.29 is 23.1 Å². The van der Waals surface area contributed by atoms with Gasteiger partial charge in [0.15, 0.2) is 9.03 Å². The van der Waals surface area contributed by atoms with Crippen molar-refractivity contribution in [2.24, 2.45) is 0 Å². The number of hydrogen-bond acceptors (Lipinski definition) is 4. The summed E-state index contributed by atoms with van der Waals surface area (Å²) in [5.41, 5.74) is 0. The standard InChI is InChI=1S/C10H21NO4P/c1-5-10(12)13-8-9-15-16-14-7-6-11(2,3)4/h5,16H,1,6-9H2,2-4H3/q+1. The Bertz CT molecular complexity index is 215. The Labute approximate surface area is 98.9 Å². The van der Waals surface area contributed by atoms with Gasteiger partial charge in [-0.05, 0) is 0 Å². The van der Waals surface area contributed by atoms with Crippen molar-refractivity contribution >= 4 is 15.0 Å². The lowest BCUT2D eigenvalue weighted by molar-refractivity contribution is -0.870. The normalized spacial score (nSPS) is 11.9. The minimum atomic E-state index is -0.433. The zero-order valence-corrected chi connectivity index (χ0v) is 11.2. The molecule has 0 aromatic heterocycles. The fourth-order valence-corrected chi connectivity index (χ4v) is 1.11. The summed E-state index contributed by atoms with van der Waals surface area (Å²) in [7, 11) is 6.29. The first-order chi connectivity index (χ1) is 7.45. The second-order valence-electron chi connectivity index (χ2n) is 4.17. The van der Waals surface area contributed by atoms with Crippen LogP contribution in [-0.2, 0) is 18.6 Å². The quantitative estimate of drug-likeness (QED) is 0.201. The van der Waals surface area contributed by atoms with Crippen molar-refractivity contribution in [3.8, 4) is 0 Å². The van der Waals surface area contributed by atoms with E-state index in [1.165, 1.54) is 0 Å². The average molecular weight is 250 g/mol. The Morgan fingerprint density at radius 1 is 1.25 bits per heavy atom. The van der Waals surface area contributed by atoms with Gasteiger partial charge in [0.05, 0.1) is 27.7 Å². The second kappa shape index (κ2) is 8.65. The van der Waals surface area contributed by atoms with Gasteiger partial charge < -0.3 is 18.3 Å². The first kappa shape index (κ1) is 15.5. The molecular formula is C10H21NO4P+. The highest BCUT2D eigenvalue weighted by molar-refractivity contribution is 7.26. The molecule has 0 saturated carbocycles. The summed E-state index contributed by atoms with van der Waals surface area (Å²) >= 11 is 0. The van der Waals surface area contributed by atoms with Gasteiger partial charge >= 0.3 is 5.97 Å². The summed E-state index contributed by atoms with van der Waals surface area (Å²) in [6.07, 6.45) is 1.13. The molecule has 0 aliphatic carbocycles. The lowest BCUT2D eigenvalue weighted by atomic mass is 10.5. The summed E-state index contributed by atoms with van der Waals surface area (Å²) in [6, 6.07) is 0. The van der Waals surface area contributed by atoms with Gasteiger partial charge in [-0.1, -0.05) is 6.58 Å². The van der Waals surface area contributed by atoms with Crippen LogP contribution in [0.25, 0.3) is 0 Å². The van der Waals surface area contributed by atoms with Crippen LogP contribution in [0.15, 0.2) is 12.7 Å². The minimum Gasteiger partial charge on any atom is -0.460 e. The first-order valence-corrected chi connectivity index (χ1v) is 5.85. The van der Waals surface area contributed by atoms with E-state index in [0.717, 1.165) is 17.1 Å². The summed E-state index contributed by atoms with van der Waals surface area (Å²) in [6.45, 7) is 5.46. The zero-order valence-electron chi connectivity index (χ0n) is 10.2. The maximum atomic E-state index is 10.6. The molecule has 1 unspecified atom stereocenters. The van der Waals surface area contributed by atoms with Gasteiger partial charge in [0, 0.05) is 6.08 Å². The van der Waals surface area contributed by atoms with Crippen LogP contribution in [0.2, 0.25) is 0 Å². The van der Waals surface area contributed by atoms with Crippen molar-refractivity contribution in [2.75, 3.05) is 47.5 Å². The van der Waals surface area contributed by atoms with Crippen LogP contribution < -0.4 is 0 Å². The highest BCUT2D eigenvalue weighted by Crippen LogP contribution is 2.12. The molecule has 0 amide bonds. The fourth-order valence-electron chi connectivity index (χ4n) is 0.687. The number of rotatable bonds is 9. The molecule has 0 fully saturated rings. The number of carbonyl (C=O) groups is 1.